The second kappa shape index (κ2) is 7.42. The Hall–Kier alpha value is -1.02. The molecule has 0 radical (unpaired) electrons. The highest BCUT2D eigenvalue weighted by molar-refractivity contribution is 5.50. The van der Waals surface area contributed by atoms with Gasteiger partial charge in [0.1, 0.15) is 0 Å². The average molecular weight is 248 g/mol. The Morgan fingerprint density at radius 2 is 2.00 bits per heavy atom. The molecule has 0 heterocycles. The van der Waals surface area contributed by atoms with Gasteiger partial charge in [0.2, 0.25) is 0 Å². The number of benzene rings is 1. The maximum atomic E-state index is 3.50. The van der Waals surface area contributed by atoms with Crippen LogP contribution < -0.4 is 10.2 Å². The summed E-state index contributed by atoms with van der Waals surface area (Å²) in [5, 5.41) is 3.50. The summed E-state index contributed by atoms with van der Waals surface area (Å²) >= 11 is 0. The molecule has 0 aliphatic heterocycles. The maximum absolute atomic E-state index is 3.50. The van der Waals surface area contributed by atoms with Gasteiger partial charge in [0.25, 0.3) is 0 Å². The molecule has 0 aliphatic rings. The SMILES string of the molecule is CCCN(C)c1ccc(CNCC(C)C)c(C)c1. The largest absolute Gasteiger partial charge is 0.375 e. The molecule has 2 nitrogen and oxygen atoms in total. The van der Waals surface area contributed by atoms with E-state index in [0.717, 1.165) is 19.6 Å². The highest BCUT2D eigenvalue weighted by Gasteiger charge is 2.03. The lowest BCUT2D eigenvalue weighted by Crippen LogP contribution is -2.20. The Morgan fingerprint density at radius 3 is 2.56 bits per heavy atom. The van der Waals surface area contributed by atoms with Crippen molar-refractivity contribution in [3.63, 3.8) is 0 Å². The zero-order chi connectivity index (χ0) is 13.5. The van der Waals surface area contributed by atoms with Gasteiger partial charge in [-0.2, -0.15) is 0 Å². The van der Waals surface area contributed by atoms with Crippen LogP contribution in [-0.2, 0) is 6.54 Å². The second-order valence-corrected chi connectivity index (χ2v) is 5.56. The van der Waals surface area contributed by atoms with Crippen molar-refractivity contribution < 1.29 is 0 Å². The first-order chi connectivity index (χ1) is 8.54. The number of nitrogens with one attached hydrogen (secondary N) is 1. The molecular weight excluding hydrogens is 220 g/mol. The fraction of sp³-hybridized carbons (Fsp3) is 0.625. The van der Waals surface area contributed by atoms with Crippen LogP contribution in [-0.4, -0.2) is 20.1 Å². The number of anilines is 1. The maximum Gasteiger partial charge on any atom is 0.0366 e. The summed E-state index contributed by atoms with van der Waals surface area (Å²) < 4.78 is 0. The lowest BCUT2D eigenvalue weighted by atomic mass is 10.1. The summed E-state index contributed by atoms with van der Waals surface area (Å²) in [4.78, 5) is 2.32. The van der Waals surface area contributed by atoms with Crippen molar-refractivity contribution in [2.45, 2.75) is 40.7 Å². The molecule has 1 N–H and O–H groups in total. The number of rotatable bonds is 7. The summed E-state index contributed by atoms with van der Waals surface area (Å²) in [5.74, 6) is 0.709. The highest BCUT2D eigenvalue weighted by Crippen LogP contribution is 2.18. The molecule has 0 bridgehead atoms. The first-order valence-electron chi connectivity index (χ1n) is 7.06. The fourth-order valence-electron chi connectivity index (χ4n) is 2.08. The lowest BCUT2D eigenvalue weighted by Gasteiger charge is -2.20. The third-order valence-electron chi connectivity index (χ3n) is 3.19. The molecule has 2 heteroatoms. The molecule has 0 aromatic heterocycles. The Labute approximate surface area is 112 Å². The summed E-state index contributed by atoms with van der Waals surface area (Å²) in [6.45, 7) is 12.1. The van der Waals surface area contributed by atoms with Crippen LogP contribution in [0.4, 0.5) is 5.69 Å². The van der Waals surface area contributed by atoms with Gasteiger partial charge < -0.3 is 10.2 Å². The normalized spacial score (nSPS) is 11.0. The van der Waals surface area contributed by atoms with Crippen LogP contribution in [0.25, 0.3) is 0 Å². The molecule has 1 rings (SSSR count). The molecular formula is C16H28N2. The summed E-state index contributed by atoms with van der Waals surface area (Å²) in [7, 11) is 2.16. The summed E-state index contributed by atoms with van der Waals surface area (Å²) in [6.07, 6.45) is 1.19. The zero-order valence-corrected chi connectivity index (χ0v) is 12.6. The molecule has 1 aromatic rings. The molecule has 0 aliphatic carbocycles. The van der Waals surface area contributed by atoms with Crippen molar-refractivity contribution in [2.75, 3.05) is 25.0 Å². The van der Waals surface area contributed by atoms with E-state index in [0.29, 0.717) is 5.92 Å². The van der Waals surface area contributed by atoms with E-state index >= 15 is 0 Å². The molecule has 0 saturated heterocycles. The summed E-state index contributed by atoms with van der Waals surface area (Å²) in [6, 6.07) is 6.78. The highest BCUT2D eigenvalue weighted by atomic mass is 15.1. The number of hydrogen-bond acceptors (Lipinski definition) is 2. The van der Waals surface area contributed by atoms with E-state index in [4.69, 9.17) is 0 Å². The lowest BCUT2D eigenvalue weighted by molar-refractivity contribution is 0.551. The van der Waals surface area contributed by atoms with Gasteiger partial charge >= 0.3 is 0 Å². The zero-order valence-electron chi connectivity index (χ0n) is 12.6. The van der Waals surface area contributed by atoms with Crippen molar-refractivity contribution in [1.29, 1.82) is 0 Å². The van der Waals surface area contributed by atoms with Crippen LogP contribution in [0.1, 0.15) is 38.3 Å². The van der Waals surface area contributed by atoms with Gasteiger partial charge in [-0.15, -0.1) is 0 Å². The minimum Gasteiger partial charge on any atom is -0.375 e. The summed E-state index contributed by atoms with van der Waals surface area (Å²) in [5.41, 5.74) is 4.11. The van der Waals surface area contributed by atoms with E-state index < -0.39 is 0 Å². The molecule has 1 aromatic carbocycles. The third-order valence-corrected chi connectivity index (χ3v) is 3.19. The van der Waals surface area contributed by atoms with E-state index in [1.54, 1.807) is 0 Å². The Morgan fingerprint density at radius 1 is 1.28 bits per heavy atom. The van der Waals surface area contributed by atoms with Gasteiger partial charge in [-0.05, 0) is 49.1 Å². The van der Waals surface area contributed by atoms with Crippen molar-refractivity contribution in [1.82, 2.24) is 5.32 Å². The van der Waals surface area contributed by atoms with Crippen LogP contribution >= 0.6 is 0 Å². The third kappa shape index (κ3) is 4.69. The minimum atomic E-state index is 0.709. The Balaban J connectivity index is 2.62. The monoisotopic (exact) mass is 248 g/mol. The van der Waals surface area contributed by atoms with Crippen LogP contribution in [0, 0.1) is 12.8 Å². The smallest absolute Gasteiger partial charge is 0.0366 e. The van der Waals surface area contributed by atoms with Gasteiger partial charge in [0, 0.05) is 25.8 Å². The van der Waals surface area contributed by atoms with E-state index in [9.17, 15) is 0 Å². The molecule has 0 amide bonds. The van der Waals surface area contributed by atoms with Crippen LogP contribution in [0.5, 0.6) is 0 Å². The predicted octanol–water partition coefficient (Wildman–Crippen LogP) is 3.59. The van der Waals surface area contributed by atoms with Gasteiger partial charge in [0.05, 0.1) is 0 Å². The van der Waals surface area contributed by atoms with Crippen molar-refractivity contribution >= 4 is 5.69 Å². The standard InChI is InChI=1S/C16H28N2/c1-6-9-18(5)16-8-7-15(14(4)10-16)12-17-11-13(2)3/h7-8,10,13,17H,6,9,11-12H2,1-5H3. The molecule has 18 heavy (non-hydrogen) atoms. The van der Waals surface area contributed by atoms with Gasteiger partial charge in [-0.1, -0.05) is 26.8 Å². The topological polar surface area (TPSA) is 15.3 Å². The van der Waals surface area contributed by atoms with Gasteiger partial charge in [-0.3, -0.25) is 0 Å². The Kier molecular flexibility index (Phi) is 6.20. The number of aryl methyl sites for hydroxylation is 1. The second-order valence-electron chi connectivity index (χ2n) is 5.56. The van der Waals surface area contributed by atoms with E-state index in [-0.39, 0.29) is 0 Å². The Bertz CT molecular complexity index is 358. The van der Waals surface area contributed by atoms with Gasteiger partial charge in [-0.25, -0.2) is 0 Å². The minimum absolute atomic E-state index is 0.709. The van der Waals surface area contributed by atoms with E-state index in [1.807, 2.05) is 0 Å². The molecule has 0 unspecified atom stereocenters. The molecule has 102 valence electrons. The van der Waals surface area contributed by atoms with E-state index in [1.165, 1.54) is 23.2 Å². The van der Waals surface area contributed by atoms with Crippen LogP contribution in [0.3, 0.4) is 0 Å². The number of nitrogens with zero attached hydrogens (tertiary/aromatic N) is 1. The predicted molar refractivity (Wildman–Crippen MR) is 81.3 cm³/mol. The first-order valence-corrected chi connectivity index (χ1v) is 7.06. The molecule has 0 saturated carbocycles. The first kappa shape index (κ1) is 15.0. The fourth-order valence-corrected chi connectivity index (χ4v) is 2.08. The van der Waals surface area contributed by atoms with Crippen LogP contribution in [0.15, 0.2) is 18.2 Å². The van der Waals surface area contributed by atoms with Crippen molar-refractivity contribution in [2.24, 2.45) is 5.92 Å². The molecule has 0 atom stereocenters. The van der Waals surface area contributed by atoms with Gasteiger partial charge in [0.15, 0.2) is 0 Å². The average Bonchev–Trinajstić information content (AvgIpc) is 2.31. The molecule has 0 fully saturated rings. The van der Waals surface area contributed by atoms with Crippen LogP contribution in [0.2, 0.25) is 0 Å². The van der Waals surface area contributed by atoms with Crippen molar-refractivity contribution in [3.8, 4) is 0 Å². The van der Waals surface area contributed by atoms with Crippen molar-refractivity contribution in [3.05, 3.63) is 29.3 Å². The molecule has 0 spiro atoms. The number of hydrogen-bond donors (Lipinski definition) is 1. The quantitative estimate of drug-likeness (QED) is 0.793. The van der Waals surface area contributed by atoms with E-state index in [2.05, 4.69) is 63.2 Å².